The minimum Gasteiger partial charge on any atom is -0.493 e. The summed E-state index contributed by atoms with van der Waals surface area (Å²) in [5.41, 5.74) is 1.38. The highest BCUT2D eigenvalue weighted by atomic mass is 35.5. The molecule has 0 aromatic heterocycles. The molecule has 1 fully saturated rings. The first kappa shape index (κ1) is 16.1. The van der Waals surface area contributed by atoms with Gasteiger partial charge in [0.1, 0.15) is 11.4 Å². The molecule has 0 aliphatic carbocycles. The van der Waals surface area contributed by atoms with E-state index in [9.17, 15) is 9.59 Å². The lowest BCUT2D eigenvalue weighted by molar-refractivity contribution is -0.113. The van der Waals surface area contributed by atoms with Crippen LogP contribution in [-0.4, -0.2) is 18.5 Å². The lowest BCUT2D eigenvalue weighted by Gasteiger charge is -2.11. The Bertz CT molecular complexity index is 815. The zero-order valence-electron chi connectivity index (χ0n) is 13.0. The Morgan fingerprint density at radius 1 is 1.12 bits per heavy atom. The molecule has 2 aromatic carbocycles. The van der Waals surface area contributed by atoms with Crippen LogP contribution < -0.4 is 15.0 Å². The summed E-state index contributed by atoms with van der Waals surface area (Å²) in [5.74, 6) is 0.230. The number of carbonyl (C=O) groups excluding carboxylic acids is 2. The smallest absolute Gasteiger partial charge is 0.333 e. The van der Waals surface area contributed by atoms with Gasteiger partial charge in [-0.3, -0.25) is 4.79 Å². The molecule has 122 valence electrons. The maximum atomic E-state index is 12.6. The van der Waals surface area contributed by atoms with Gasteiger partial charge in [0.05, 0.1) is 12.3 Å². The molecular formula is C18H15ClN2O3. The second-order valence-electron chi connectivity index (χ2n) is 5.08. The van der Waals surface area contributed by atoms with E-state index < -0.39 is 11.9 Å². The lowest BCUT2D eigenvalue weighted by atomic mass is 10.1. The average Bonchev–Trinajstić information content (AvgIpc) is 2.85. The van der Waals surface area contributed by atoms with Crippen LogP contribution in [0.4, 0.5) is 10.5 Å². The first-order valence-electron chi connectivity index (χ1n) is 7.44. The Kier molecular flexibility index (Phi) is 4.53. The number of urea groups is 1. The highest BCUT2D eigenvalue weighted by Crippen LogP contribution is 2.26. The number of hydrogen-bond acceptors (Lipinski definition) is 3. The summed E-state index contributed by atoms with van der Waals surface area (Å²) >= 11 is 5.84. The van der Waals surface area contributed by atoms with E-state index in [1.807, 2.05) is 31.2 Å². The second-order valence-corrected chi connectivity index (χ2v) is 5.51. The van der Waals surface area contributed by atoms with E-state index in [0.29, 0.717) is 23.1 Å². The van der Waals surface area contributed by atoms with Crippen molar-refractivity contribution in [3.63, 3.8) is 0 Å². The molecule has 0 bridgehead atoms. The number of carbonyl (C=O) groups is 2. The van der Waals surface area contributed by atoms with Gasteiger partial charge in [0.2, 0.25) is 0 Å². The number of ether oxygens (including phenoxy) is 1. The minimum atomic E-state index is -0.498. The predicted octanol–water partition coefficient (Wildman–Crippen LogP) is 3.84. The summed E-state index contributed by atoms with van der Waals surface area (Å²) < 4.78 is 5.54. The van der Waals surface area contributed by atoms with Crippen LogP contribution in [0.2, 0.25) is 5.02 Å². The molecule has 6 heteroatoms. The molecule has 1 heterocycles. The van der Waals surface area contributed by atoms with Crippen LogP contribution in [-0.2, 0) is 4.79 Å². The summed E-state index contributed by atoms with van der Waals surface area (Å²) in [6.45, 7) is 2.39. The summed E-state index contributed by atoms with van der Waals surface area (Å²) in [6, 6.07) is 13.3. The fourth-order valence-electron chi connectivity index (χ4n) is 2.40. The molecule has 0 spiro atoms. The van der Waals surface area contributed by atoms with Crippen LogP contribution in [0.5, 0.6) is 5.75 Å². The predicted molar refractivity (Wildman–Crippen MR) is 93.1 cm³/mol. The quantitative estimate of drug-likeness (QED) is 0.678. The molecule has 1 N–H and O–H groups in total. The summed E-state index contributed by atoms with van der Waals surface area (Å²) in [5, 5.41) is 3.13. The number of anilines is 1. The van der Waals surface area contributed by atoms with Crippen LogP contribution in [0.1, 0.15) is 12.5 Å². The van der Waals surface area contributed by atoms with Gasteiger partial charge in [0.15, 0.2) is 0 Å². The first-order chi connectivity index (χ1) is 11.6. The van der Waals surface area contributed by atoms with Gasteiger partial charge in [0, 0.05) is 10.6 Å². The highest BCUT2D eigenvalue weighted by molar-refractivity contribution is 6.31. The third kappa shape index (κ3) is 3.12. The molecule has 0 radical (unpaired) electrons. The Morgan fingerprint density at radius 2 is 1.83 bits per heavy atom. The zero-order valence-corrected chi connectivity index (χ0v) is 13.7. The number of nitrogens with one attached hydrogen (secondary N) is 1. The Morgan fingerprint density at radius 3 is 2.54 bits per heavy atom. The third-order valence-corrected chi connectivity index (χ3v) is 3.73. The van der Waals surface area contributed by atoms with Gasteiger partial charge in [-0.1, -0.05) is 29.8 Å². The van der Waals surface area contributed by atoms with Crippen molar-refractivity contribution in [3.05, 3.63) is 64.8 Å². The van der Waals surface area contributed by atoms with Crippen LogP contribution >= 0.6 is 11.6 Å². The topological polar surface area (TPSA) is 58.6 Å². The molecule has 0 unspecified atom stereocenters. The van der Waals surface area contributed by atoms with Gasteiger partial charge in [-0.15, -0.1) is 0 Å². The van der Waals surface area contributed by atoms with E-state index in [1.165, 1.54) is 0 Å². The number of para-hydroxylation sites is 1. The van der Waals surface area contributed by atoms with Crippen molar-refractivity contribution in [1.29, 1.82) is 0 Å². The molecule has 3 amide bonds. The van der Waals surface area contributed by atoms with Gasteiger partial charge in [0.25, 0.3) is 5.91 Å². The number of amides is 3. The van der Waals surface area contributed by atoms with Crippen molar-refractivity contribution in [3.8, 4) is 5.75 Å². The molecule has 24 heavy (non-hydrogen) atoms. The molecular weight excluding hydrogens is 328 g/mol. The van der Waals surface area contributed by atoms with Crippen LogP contribution in [0.15, 0.2) is 54.2 Å². The number of benzene rings is 2. The van der Waals surface area contributed by atoms with E-state index in [4.69, 9.17) is 16.3 Å². The molecule has 1 aliphatic rings. The van der Waals surface area contributed by atoms with Gasteiger partial charge >= 0.3 is 6.03 Å². The van der Waals surface area contributed by atoms with Gasteiger partial charge in [-0.2, -0.15) is 0 Å². The molecule has 0 atom stereocenters. The minimum absolute atomic E-state index is 0.196. The molecule has 1 aliphatic heterocycles. The fourth-order valence-corrected chi connectivity index (χ4v) is 2.53. The van der Waals surface area contributed by atoms with Gasteiger partial charge in [-0.25, -0.2) is 9.69 Å². The van der Waals surface area contributed by atoms with E-state index in [1.54, 1.807) is 30.3 Å². The van der Waals surface area contributed by atoms with Crippen LogP contribution in [0.25, 0.3) is 6.08 Å². The number of rotatable bonds is 4. The fraction of sp³-hybridized carbons (Fsp3) is 0.111. The van der Waals surface area contributed by atoms with Crippen molar-refractivity contribution in [2.24, 2.45) is 0 Å². The van der Waals surface area contributed by atoms with Gasteiger partial charge in [-0.05, 0) is 43.3 Å². The Hall–Kier alpha value is -2.79. The van der Waals surface area contributed by atoms with E-state index in [0.717, 1.165) is 10.5 Å². The molecule has 2 aromatic rings. The number of hydrogen-bond donors (Lipinski definition) is 1. The summed E-state index contributed by atoms with van der Waals surface area (Å²) in [7, 11) is 0. The highest BCUT2D eigenvalue weighted by Gasteiger charge is 2.34. The largest absolute Gasteiger partial charge is 0.493 e. The maximum Gasteiger partial charge on any atom is 0.333 e. The second kappa shape index (κ2) is 6.76. The van der Waals surface area contributed by atoms with E-state index in [-0.39, 0.29) is 5.70 Å². The van der Waals surface area contributed by atoms with Crippen LogP contribution in [0.3, 0.4) is 0 Å². The number of imide groups is 1. The molecule has 0 saturated carbocycles. The first-order valence-corrected chi connectivity index (χ1v) is 7.82. The number of halogens is 1. The maximum absolute atomic E-state index is 12.6. The zero-order chi connectivity index (χ0) is 17.1. The summed E-state index contributed by atoms with van der Waals surface area (Å²) in [6.07, 6.45) is 1.61. The van der Waals surface area contributed by atoms with Crippen molar-refractivity contribution in [1.82, 2.24) is 5.32 Å². The van der Waals surface area contributed by atoms with Crippen molar-refractivity contribution in [2.45, 2.75) is 6.92 Å². The van der Waals surface area contributed by atoms with Crippen molar-refractivity contribution < 1.29 is 14.3 Å². The van der Waals surface area contributed by atoms with Crippen molar-refractivity contribution in [2.75, 3.05) is 11.5 Å². The van der Waals surface area contributed by atoms with Gasteiger partial charge < -0.3 is 10.1 Å². The standard InChI is InChI=1S/C18H15ClN2O3/c1-2-24-16-6-4-3-5-12(16)11-15-17(22)21(18(23)20-15)14-9-7-13(19)8-10-14/h3-11H,2H2,1H3,(H,20,23)/b15-11+. The monoisotopic (exact) mass is 342 g/mol. The van der Waals surface area contributed by atoms with E-state index >= 15 is 0 Å². The summed E-state index contributed by atoms with van der Waals surface area (Å²) in [4.78, 5) is 25.8. The lowest BCUT2D eigenvalue weighted by Crippen LogP contribution is -2.30. The molecule has 1 saturated heterocycles. The van der Waals surface area contributed by atoms with Crippen molar-refractivity contribution >= 4 is 35.3 Å². The normalized spacial score (nSPS) is 15.8. The molecule has 5 nitrogen and oxygen atoms in total. The van der Waals surface area contributed by atoms with Crippen LogP contribution in [0, 0.1) is 0 Å². The van der Waals surface area contributed by atoms with E-state index in [2.05, 4.69) is 5.32 Å². The average molecular weight is 343 g/mol. The molecule has 3 rings (SSSR count). The third-order valence-electron chi connectivity index (χ3n) is 3.48. The Labute approximate surface area is 144 Å². The Balaban J connectivity index is 1.93. The number of nitrogens with zero attached hydrogens (tertiary/aromatic N) is 1. The SMILES string of the molecule is CCOc1ccccc1/C=C1/NC(=O)N(c2ccc(Cl)cc2)C1=O.